The molecule has 0 saturated heterocycles. The van der Waals surface area contributed by atoms with Gasteiger partial charge in [0, 0.05) is 33.0 Å². The molecular weight excluding hydrogens is 605 g/mol. The van der Waals surface area contributed by atoms with Crippen LogP contribution in [0.2, 0.25) is 18.1 Å². The number of hydrogen-bond donors (Lipinski definition) is 0. The normalized spacial score (nSPS) is 12.8. The van der Waals surface area contributed by atoms with E-state index in [0.717, 1.165) is 18.1 Å². The highest BCUT2D eigenvalue weighted by atomic mass is 28.5. The van der Waals surface area contributed by atoms with Gasteiger partial charge in [-0.05, 0) is 52.8 Å². The van der Waals surface area contributed by atoms with Gasteiger partial charge >= 0.3 is 18.1 Å². The maximum Gasteiger partial charge on any atom is 0.673 e. The van der Waals surface area contributed by atoms with Crippen LogP contribution >= 0.6 is 0 Å². The van der Waals surface area contributed by atoms with Crippen molar-refractivity contribution in [2.45, 2.75) is 189 Å². The maximum absolute atomic E-state index is 7.49. The van der Waals surface area contributed by atoms with Crippen molar-refractivity contribution in [1.82, 2.24) is 0 Å². The fourth-order valence-corrected chi connectivity index (χ4v) is 18.2. The topological polar surface area (TPSA) is 64.6 Å². The number of rotatable bonds is 35. The standard InChI is InChI=1S/C34H76O7Si3/c1-9-17-20-23-26-29-32-42(33-30-27-24-21-18-10-2,34-31-28-25-22-19-11-3)40-44(38-15-7,39-16-8)41-43(35-12-4,36-13-5)37-14-6/h9-34H2,1-8H3. The van der Waals surface area contributed by atoms with Crippen LogP contribution in [0, 0.1) is 0 Å². The molecule has 0 aliphatic heterocycles. The number of hydrogen-bond acceptors (Lipinski definition) is 7. The molecule has 0 aromatic heterocycles. The summed E-state index contributed by atoms with van der Waals surface area (Å²) in [6.07, 6.45) is 23.1. The van der Waals surface area contributed by atoms with E-state index in [1.165, 1.54) is 116 Å². The lowest BCUT2D eigenvalue weighted by atomic mass is 10.1. The molecule has 0 aliphatic rings. The minimum absolute atomic E-state index is 0.421. The van der Waals surface area contributed by atoms with E-state index in [-0.39, 0.29) is 0 Å². The van der Waals surface area contributed by atoms with E-state index in [1.54, 1.807) is 0 Å². The summed E-state index contributed by atoms with van der Waals surface area (Å²) >= 11 is 0. The predicted octanol–water partition coefficient (Wildman–Crippen LogP) is 11.1. The zero-order valence-corrected chi connectivity index (χ0v) is 33.7. The second-order valence-electron chi connectivity index (χ2n) is 12.1. The Morgan fingerprint density at radius 1 is 0.295 bits per heavy atom. The summed E-state index contributed by atoms with van der Waals surface area (Å²) in [5.41, 5.74) is 0. The molecule has 0 rings (SSSR count). The lowest BCUT2D eigenvalue weighted by Gasteiger charge is -2.42. The first kappa shape index (κ1) is 44.4. The molecule has 0 amide bonds. The van der Waals surface area contributed by atoms with E-state index in [1.807, 2.05) is 34.6 Å². The molecule has 10 heteroatoms. The van der Waals surface area contributed by atoms with Gasteiger partial charge in [0.1, 0.15) is 0 Å². The molecule has 0 spiro atoms. The molecule has 0 aromatic carbocycles. The molecule has 0 bridgehead atoms. The van der Waals surface area contributed by atoms with Crippen molar-refractivity contribution in [3.05, 3.63) is 0 Å². The summed E-state index contributed by atoms with van der Waals surface area (Å²) in [7, 11) is -9.57. The first-order valence-corrected chi connectivity index (χ1v) is 24.8. The smallest absolute Gasteiger partial charge is 0.394 e. The fourth-order valence-electron chi connectivity index (χ4n) is 5.91. The van der Waals surface area contributed by atoms with Crippen LogP contribution in [0.25, 0.3) is 0 Å². The Balaban J connectivity index is 6.40. The molecule has 7 nitrogen and oxygen atoms in total. The van der Waals surface area contributed by atoms with Gasteiger partial charge in [0.25, 0.3) is 0 Å². The first-order valence-electron chi connectivity index (χ1n) is 19.0. The Bertz CT molecular complexity index is 552. The van der Waals surface area contributed by atoms with E-state index in [9.17, 15) is 0 Å². The average Bonchev–Trinajstić information content (AvgIpc) is 2.99. The van der Waals surface area contributed by atoms with Crippen molar-refractivity contribution in [3.63, 3.8) is 0 Å². The lowest BCUT2D eigenvalue weighted by molar-refractivity contribution is -0.0460. The maximum atomic E-state index is 7.49. The Kier molecular flexibility index (Phi) is 29.8. The largest absolute Gasteiger partial charge is 0.673 e. The van der Waals surface area contributed by atoms with Gasteiger partial charge in [0.05, 0.1) is 0 Å². The second-order valence-corrected chi connectivity index (χ2v) is 21.0. The molecule has 0 atom stereocenters. The van der Waals surface area contributed by atoms with Gasteiger partial charge in [-0.15, -0.1) is 0 Å². The monoisotopic (exact) mass is 680 g/mol. The van der Waals surface area contributed by atoms with Crippen LogP contribution in [-0.4, -0.2) is 59.4 Å². The molecule has 0 saturated carbocycles. The molecule has 0 radical (unpaired) electrons. The van der Waals surface area contributed by atoms with Gasteiger partial charge < -0.3 is 30.4 Å². The average molecular weight is 681 g/mol. The Labute approximate surface area is 278 Å². The van der Waals surface area contributed by atoms with Gasteiger partial charge in [-0.25, -0.2) is 0 Å². The third-order valence-electron chi connectivity index (χ3n) is 8.15. The Morgan fingerprint density at radius 2 is 0.568 bits per heavy atom. The van der Waals surface area contributed by atoms with Crippen molar-refractivity contribution in [2.75, 3.05) is 33.0 Å². The quantitative estimate of drug-likeness (QED) is 0.0487. The third kappa shape index (κ3) is 20.6. The van der Waals surface area contributed by atoms with Crippen LogP contribution in [0.5, 0.6) is 0 Å². The highest BCUT2D eigenvalue weighted by Crippen LogP contribution is 2.36. The second kappa shape index (κ2) is 29.5. The van der Waals surface area contributed by atoms with Gasteiger partial charge in [0.15, 0.2) is 8.32 Å². The molecule has 44 heavy (non-hydrogen) atoms. The summed E-state index contributed by atoms with van der Waals surface area (Å²) in [5.74, 6) is 0. The molecule has 266 valence electrons. The van der Waals surface area contributed by atoms with E-state index in [2.05, 4.69) is 20.8 Å². The minimum atomic E-state index is -3.67. The predicted molar refractivity (Wildman–Crippen MR) is 192 cm³/mol. The van der Waals surface area contributed by atoms with E-state index >= 15 is 0 Å². The van der Waals surface area contributed by atoms with Gasteiger partial charge in [-0.3, -0.25) is 0 Å². The van der Waals surface area contributed by atoms with E-state index < -0.39 is 26.4 Å². The van der Waals surface area contributed by atoms with Gasteiger partial charge in [-0.2, -0.15) is 0 Å². The summed E-state index contributed by atoms with van der Waals surface area (Å²) in [6.45, 7) is 18.8. The minimum Gasteiger partial charge on any atom is -0.394 e. The summed E-state index contributed by atoms with van der Waals surface area (Å²) in [4.78, 5) is 0. The summed E-state index contributed by atoms with van der Waals surface area (Å²) < 4.78 is 45.8. The first-order chi connectivity index (χ1) is 21.4. The van der Waals surface area contributed by atoms with Crippen molar-refractivity contribution in [1.29, 1.82) is 0 Å². The lowest BCUT2D eigenvalue weighted by Crippen LogP contribution is -2.65. The van der Waals surface area contributed by atoms with Gasteiger partial charge in [0.2, 0.25) is 0 Å². The fraction of sp³-hybridized carbons (Fsp3) is 1.00. The SMILES string of the molecule is CCCCCCCC[Si](CCCCCCCC)(CCCCCCCC)O[Si](OCC)(OCC)O[Si](OCC)(OCC)OCC. The van der Waals surface area contributed by atoms with Crippen LogP contribution in [0.1, 0.15) is 171 Å². The molecule has 0 fully saturated rings. The molecular formula is C34H76O7Si3. The van der Waals surface area contributed by atoms with Crippen LogP contribution in [0.15, 0.2) is 0 Å². The highest BCUT2D eigenvalue weighted by Gasteiger charge is 2.61. The zero-order valence-electron chi connectivity index (χ0n) is 30.7. The van der Waals surface area contributed by atoms with Crippen molar-refractivity contribution >= 4 is 26.4 Å². The van der Waals surface area contributed by atoms with Crippen molar-refractivity contribution in [2.24, 2.45) is 0 Å². The molecule has 0 N–H and O–H groups in total. The van der Waals surface area contributed by atoms with Crippen molar-refractivity contribution < 1.29 is 30.4 Å². The van der Waals surface area contributed by atoms with Crippen molar-refractivity contribution in [3.8, 4) is 0 Å². The van der Waals surface area contributed by atoms with Crippen LogP contribution in [0.4, 0.5) is 0 Å². The van der Waals surface area contributed by atoms with E-state index in [4.69, 9.17) is 30.4 Å². The number of unbranched alkanes of at least 4 members (excludes halogenated alkanes) is 15. The third-order valence-corrected chi connectivity index (χ3v) is 19.9. The zero-order chi connectivity index (χ0) is 32.8. The highest BCUT2D eigenvalue weighted by molar-refractivity contribution is 6.82. The molecule has 0 heterocycles. The Morgan fingerprint density at radius 3 is 0.864 bits per heavy atom. The molecule has 0 aromatic rings. The molecule has 0 unspecified atom stereocenters. The summed E-state index contributed by atoms with van der Waals surface area (Å²) in [5, 5.41) is 0. The van der Waals surface area contributed by atoms with Crippen LogP contribution in [0.3, 0.4) is 0 Å². The van der Waals surface area contributed by atoms with E-state index in [0.29, 0.717) is 33.0 Å². The Hall–Kier alpha value is 0.371. The summed E-state index contributed by atoms with van der Waals surface area (Å²) in [6, 6.07) is 3.40. The molecule has 0 aliphatic carbocycles. The van der Waals surface area contributed by atoms with Gasteiger partial charge in [-0.1, -0.05) is 136 Å². The van der Waals surface area contributed by atoms with Crippen LogP contribution in [-0.2, 0) is 30.4 Å². The van der Waals surface area contributed by atoms with Crippen LogP contribution < -0.4 is 0 Å².